The Balaban J connectivity index is 1.71. The number of nitrogens with one attached hydrogen (secondary N) is 1. The molecule has 0 bridgehead atoms. The minimum atomic E-state index is 0.406. The molecule has 0 spiro atoms. The molecular weight excluding hydrogens is 332 g/mol. The first-order valence-corrected chi connectivity index (χ1v) is 8.09. The number of nitrogens with zero attached hydrogens (tertiary/aromatic N) is 2. The lowest BCUT2D eigenvalue weighted by Crippen LogP contribution is -2.11. The second-order valence-corrected chi connectivity index (χ2v) is 5.86. The lowest BCUT2D eigenvalue weighted by Gasteiger charge is -2.05. The second kappa shape index (κ2) is 6.33. The van der Waals surface area contributed by atoms with E-state index in [2.05, 4.69) is 15.3 Å². The summed E-state index contributed by atoms with van der Waals surface area (Å²) in [6, 6.07) is 17.4. The average Bonchev–Trinajstić information content (AvgIpc) is 2.99. The maximum Gasteiger partial charge on any atom is 0.229 e. The van der Waals surface area contributed by atoms with Gasteiger partial charge in [-0.1, -0.05) is 42.5 Å². The van der Waals surface area contributed by atoms with Gasteiger partial charge in [0.25, 0.3) is 0 Å². The largest absolute Gasteiger partial charge is 0.433 e. The normalized spacial score (nSPS) is 10.7. The number of thiocarbonyl (C=S) groups is 1. The number of nitrogen functional groups attached to an aromatic ring is 1. The van der Waals surface area contributed by atoms with Crippen molar-refractivity contribution >= 4 is 39.7 Å². The van der Waals surface area contributed by atoms with Gasteiger partial charge in [-0.3, -0.25) is 4.98 Å². The predicted molar refractivity (Wildman–Crippen MR) is 103 cm³/mol. The van der Waals surface area contributed by atoms with Crippen molar-refractivity contribution in [2.75, 3.05) is 11.1 Å². The standard InChI is InChI=1S/C19H14N4OS/c20-16-14-6-7-15(12-4-2-1-3-5-12)23-18(14)24-17(16)19(25)22-13-8-10-21-11-9-13/h1-11H,20H2,(H,21,22,25). The Kier molecular flexibility index (Phi) is 3.87. The van der Waals surface area contributed by atoms with E-state index in [1.807, 2.05) is 54.6 Å². The Morgan fingerprint density at radius 2 is 1.76 bits per heavy atom. The fourth-order valence-corrected chi connectivity index (χ4v) is 2.83. The van der Waals surface area contributed by atoms with Crippen molar-refractivity contribution in [3.8, 4) is 11.3 Å². The highest BCUT2D eigenvalue weighted by Gasteiger charge is 2.17. The van der Waals surface area contributed by atoms with Gasteiger partial charge in [-0.05, 0) is 24.3 Å². The van der Waals surface area contributed by atoms with Crippen molar-refractivity contribution in [2.24, 2.45) is 0 Å². The van der Waals surface area contributed by atoms with Gasteiger partial charge >= 0.3 is 0 Å². The summed E-state index contributed by atoms with van der Waals surface area (Å²) in [4.78, 5) is 8.95. The summed E-state index contributed by atoms with van der Waals surface area (Å²) in [5.41, 5.74) is 9.81. The number of pyridine rings is 2. The second-order valence-electron chi connectivity index (χ2n) is 5.45. The van der Waals surface area contributed by atoms with Crippen molar-refractivity contribution in [1.82, 2.24) is 9.97 Å². The van der Waals surface area contributed by atoms with Crippen LogP contribution in [-0.4, -0.2) is 15.0 Å². The van der Waals surface area contributed by atoms with Crippen molar-refractivity contribution < 1.29 is 4.42 Å². The summed E-state index contributed by atoms with van der Waals surface area (Å²) in [5, 5.41) is 3.84. The van der Waals surface area contributed by atoms with E-state index in [9.17, 15) is 0 Å². The number of hydrogen-bond acceptors (Lipinski definition) is 5. The topological polar surface area (TPSA) is 77.0 Å². The molecule has 5 nitrogen and oxygen atoms in total. The molecule has 4 aromatic rings. The summed E-state index contributed by atoms with van der Waals surface area (Å²) < 4.78 is 5.84. The van der Waals surface area contributed by atoms with E-state index in [4.69, 9.17) is 22.4 Å². The molecular formula is C19H14N4OS. The van der Waals surface area contributed by atoms with Gasteiger partial charge in [0.05, 0.1) is 16.8 Å². The van der Waals surface area contributed by atoms with E-state index in [0.717, 1.165) is 22.3 Å². The molecule has 0 amide bonds. The molecule has 3 aromatic heterocycles. The van der Waals surface area contributed by atoms with Gasteiger partial charge in [0.2, 0.25) is 5.71 Å². The van der Waals surface area contributed by atoms with E-state index in [1.165, 1.54) is 0 Å². The summed E-state index contributed by atoms with van der Waals surface area (Å²) in [5.74, 6) is 0.416. The highest BCUT2D eigenvalue weighted by molar-refractivity contribution is 7.81. The number of rotatable bonds is 3. The Bertz CT molecular complexity index is 1050. The molecule has 0 fully saturated rings. The van der Waals surface area contributed by atoms with Crippen LogP contribution in [0.4, 0.5) is 11.4 Å². The number of furan rings is 1. The molecule has 3 heterocycles. The molecule has 6 heteroatoms. The lowest BCUT2D eigenvalue weighted by molar-refractivity contribution is 0.596. The van der Waals surface area contributed by atoms with Crippen LogP contribution in [0.1, 0.15) is 5.76 Å². The van der Waals surface area contributed by atoms with Crippen LogP contribution in [0.5, 0.6) is 0 Å². The van der Waals surface area contributed by atoms with Gasteiger partial charge in [-0.25, -0.2) is 4.98 Å². The van der Waals surface area contributed by atoms with Gasteiger partial charge < -0.3 is 15.5 Å². The van der Waals surface area contributed by atoms with Crippen LogP contribution in [0.15, 0.2) is 71.4 Å². The first kappa shape index (κ1) is 15.3. The van der Waals surface area contributed by atoms with Gasteiger partial charge in [0, 0.05) is 23.6 Å². The van der Waals surface area contributed by atoms with Crippen LogP contribution >= 0.6 is 12.2 Å². The van der Waals surface area contributed by atoms with E-state index in [0.29, 0.717) is 22.1 Å². The van der Waals surface area contributed by atoms with Crippen molar-refractivity contribution in [3.05, 3.63) is 72.8 Å². The number of hydrogen-bond donors (Lipinski definition) is 2. The van der Waals surface area contributed by atoms with E-state index < -0.39 is 0 Å². The van der Waals surface area contributed by atoms with Crippen LogP contribution in [-0.2, 0) is 0 Å². The smallest absolute Gasteiger partial charge is 0.229 e. The van der Waals surface area contributed by atoms with Crippen LogP contribution < -0.4 is 11.1 Å². The maximum atomic E-state index is 6.21. The zero-order chi connectivity index (χ0) is 17.2. The van der Waals surface area contributed by atoms with Crippen molar-refractivity contribution in [2.45, 2.75) is 0 Å². The highest BCUT2D eigenvalue weighted by Crippen LogP contribution is 2.30. The number of aromatic nitrogens is 2. The highest BCUT2D eigenvalue weighted by atomic mass is 32.1. The number of anilines is 2. The van der Waals surface area contributed by atoms with Crippen molar-refractivity contribution in [1.29, 1.82) is 0 Å². The number of fused-ring (bicyclic) bond motifs is 1. The zero-order valence-corrected chi connectivity index (χ0v) is 14.0. The molecule has 0 radical (unpaired) electrons. The molecule has 0 unspecified atom stereocenters. The Morgan fingerprint density at radius 1 is 1.00 bits per heavy atom. The molecule has 0 aliphatic heterocycles. The molecule has 1 aromatic carbocycles. The quantitative estimate of drug-likeness (QED) is 0.540. The summed E-state index contributed by atoms with van der Waals surface area (Å²) in [6.45, 7) is 0. The van der Waals surface area contributed by atoms with Crippen molar-refractivity contribution in [3.63, 3.8) is 0 Å². The molecule has 0 aliphatic rings. The molecule has 3 N–H and O–H groups in total. The van der Waals surface area contributed by atoms with Gasteiger partial charge in [-0.2, -0.15) is 0 Å². The monoisotopic (exact) mass is 346 g/mol. The first-order valence-electron chi connectivity index (χ1n) is 7.68. The van der Waals surface area contributed by atoms with Crippen LogP contribution in [0, 0.1) is 0 Å². The molecule has 25 heavy (non-hydrogen) atoms. The minimum Gasteiger partial charge on any atom is -0.433 e. The average molecular weight is 346 g/mol. The first-order chi connectivity index (χ1) is 12.2. The van der Waals surface area contributed by atoms with Gasteiger partial charge in [0.1, 0.15) is 4.99 Å². The SMILES string of the molecule is Nc1c(C(=S)Nc2ccncc2)oc2nc(-c3ccccc3)ccc12. The Labute approximate surface area is 149 Å². The Hall–Kier alpha value is -3.25. The number of nitrogens with two attached hydrogens (primary N) is 1. The fourth-order valence-electron chi connectivity index (χ4n) is 2.56. The predicted octanol–water partition coefficient (Wildman–Crippen LogP) is 4.26. The van der Waals surface area contributed by atoms with Crippen LogP contribution in [0.3, 0.4) is 0 Å². The lowest BCUT2D eigenvalue weighted by atomic mass is 10.1. The molecule has 0 atom stereocenters. The summed E-state index contributed by atoms with van der Waals surface area (Å²) in [7, 11) is 0. The maximum absolute atomic E-state index is 6.21. The van der Waals surface area contributed by atoms with E-state index in [1.54, 1.807) is 12.4 Å². The Morgan fingerprint density at radius 3 is 2.52 bits per heavy atom. The summed E-state index contributed by atoms with van der Waals surface area (Å²) in [6.07, 6.45) is 3.36. The third-order valence-electron chi connectivity index (χ3n) is 3.81. The van der Waals surface area contributed by atoms with Gasteiger partial charge in [-0.15, -0.1) is 0 Å². The molecule has 4 rings (SSSR count). The van der Waals surface area contributed by atoms with Crippen LogP contribution in [0.25, 0.3) is 22.4 Å². The number of benzene rings is 1. The third-order valence-corrected chi connectivity index (χ3v) is 4.10. The van der Waals surface area contributed by atoms with E-state index in [-0.39, 0.29) is 0 Å². The zero-order valence-electron chi connectivity index (χ0n) is 13.1. The third kappa shape index (κ3) is 2.95. The minimum absolute atomic E-state index is 0.406. The fraction of sp³-hybridized carbons (Fsp3) is 0. The molecule has 0 saturated heterocycles. The van der Waals surface area contributed by atoms with Crippen LogP contribution in [0.2, 0.25) is 0 Å². The summed E-state index contributed by atoms with van der Waals surface area (Å²) >= 11 is 5.42. The van der Waals surface area contributed by atoms with Gasteiger partial charge in [0.15, 0.2) is 5.76 Å². The van der Waals surface area contributed by atoms with E-state index >= 15 is 0 Å². The molecule has 0 saturated carbocycles. The molecule has 0 aliphatic carbocycles. The molecule has 122 valence electrons.